The minimum atomic E-state index is -0.825. The lowest BCUT2D eigenvalue weighted by molar-refractivity contribution is 0.403. The quantitative estimate of drug-likeness (QED) is 0.813. The lowest BCUT2D eigenvalue weighted by atomic mass is 9.91. The Labute approximate surface area is 93.8 Å². The molecule has 1 aliphatic rings. The van der Waals surface area contributed by atoms with E-state index < -0.39 is 11.6 Å². The predicted molar refractivity (Wildman–Crippen MR) is 60.2 cm³/mol. The molecule has 1 saturated carbocycles. The Kier molecular flexibility index (Phi) is 3.39. The van der Waals surface area contributed by atoms with Crippen molar-refractivity contribution in [1.29, 1.82) is 0 Å². The minimum Gasteiger partial charge on any atom is -0.381 e. The van der Waals surface area contributed by atoms with Gasteiger partial charge in [-0.3, -0.25) is 0 Å². The van der Waals surface area contributed by atoms with E-state index >= 15 is 0 Å². The van der Waals surface area contributed by atoms with Crippen LogP contribution in [0.15, 0.2) is 18.2 Å². The summed E-state index contributed by atoms with van der Waals surface area (Å²) in [6.07, 6.45) is 4.26. The molecule has 1 aromatic rings. The number of halogens is 2. The van der Waals surface area contributed by atoms with Crippen LogP contribution < -0.4 is 11.1 Å². The van der Waals surface area contributed by atoms with Crippen LogP contribution in [0.4, 0.5) is 14.5 Å². The first-order chi connectivity index (χ1) is 7.66. The van der Waals surface area contributed by atoms with Crippen LogP contribution in [0.3, 0.4) is 0 Å². The minimum absolute atomic E-state index is 0.0989. The van der Waals surface area contributed by atoms with Gasteiger partial charge in [-0.15, -0.1) is 0 Å². The Hall–Kier alpha value is -1.16. The van der Waals surface area contributed by atoms with E-state index in [0.29, 0.717) is 5.69 Å². The standard InChI is InChI=1S/C12H16F2N2/c13-9-6-5-8(7-10(9)14)16-12-4-2-1-3-11(12)15/h5-7,11-12,16H,1-4,15H2. The second-order valence-electron chi connectivity index (χ2n) is 4.33. The number of benzene rings is 1. The molecule has 0 heterocycles. The molecule has 2 nitrogen and oxygen atoms in total. The molecular weight excluding hydrogens is 210 g/mol. The van der Waals surface area contributed by atoms with Crippen molar-refractivity contribution in [3.05, 3.63) is 29.8 Å². The number of nitrogens with one attached hydrogen (secondary N) is 1. The second-order valence-corrected chi connectivity index (χ2v) is 4.33. The maximum absolute atomic E-state index is 13.0. The van der Waals surface area contributed by atoms with Gasteiger partial charge in [0.25, 0.3) is 0 Å². The first kappa shape index (κ1) is 11.3. The van der Waals surface area contributed by atoms with E-state index in [4.69, 9.17) is 5.73 Å². The molecule has 4 heteroatoms. The molecule has 0 radical (unpaired) electrons. The third-order valence-corrected chi connectivity index (χ3v) is 3.09. The average Bonchev–Trinajstić information content (AvgIpc) is 2.27. The molecule has 1 fully saturated rings. The van der Waals surface area contributed by atoms with Gasteiger partial charge in [-0.2, -0.15) is 0 Å². The fourth-order valence-electron chi connectivity index (χ4n) is 2.14. The van der Waals surface area contributed by atoms with Crippen LogP contribution in [-0.4, -0.2) is 12.1 Å². The highest BCUT2D eigenvalue weighted by Gasteiger charge is 2.21. The van der Waals surface area contributed by atoms with Gasteiger partial charge < -0.3 is 11.1 Å². The van der Waals surface area contributed by atoms with E-state index in [2.05, 4.69) is 5.32 Å². The molecule has 16 heavy (non-hydrogen) atoms. The van der Waals surface area contributed by atoms with E-state index in [9.17, 15) is 8.78 Å². The van der Waals surface area contributed by atoms with Gasteiger partial charge in [-0.25, -0.2) is 8.78 Å². The molecule has 3 N–H and O–H groups in total. The van der Waals surface area contributed by atoms with Crippen LogP contribution in [0.2, 0.25) is 0 Å². The maximum atomic E-state index is 13.0. The maximum Gasteiger partial charge on any atom is 0.160 e. The molecule has 0 aliphatic heterocycles. The van der Waals surface area contributed by atoms with E-state index in [-0.39, 0.29) is 12.1 Å². The van der Waals surface area contributed by atoms with Gasteiger partial charge in [0.15, 0.2) is 11.6 Å². The Morgan fingerprint density at radius 2 is 1.88 bits per heavy atom. The average molecular weight is 226 g/mol. The number of rotatable bonds is 2. The lowest BCUT2D eigenvalue weighted by Gasteiger charge is -2.30. The van der Waals surface area contributed by atoms with Crippen molar-refractivity contribution in [1.82, 2.24) is 0 Å². The third kappa shape index (κ3) is 2.50. The van der Waals surface area contributed by atoms with Crippen molar-refractivity contribution < 1.29 is 8.78 Å². The SMILES string of the molecule is NC1CCCCC1Nc1ccc(F)c(F)c1. The van der Waals surface area contributed by atoms with Crippen molar-refractivity contribution in [2.75, 3.05) is 5.32 Å². The monoisotopic (exact) mass is 226 g/mol. The first-order valence-electron chi connectivity index (χ1n) is 5.64. The summed E-state index contributed by atoms with van der Waals surface area (Å²) in [4.78, 5) is 0. The first-order valence-corrected chi connectivity index (χ1v) is 5.64. The van der Waals surface area contributed by atoms with Crippen molar-refractivity contribution in [2.45, 2.75) is 37.8 Å². The summed E-state index contributed by atoms with van der Waals surface area (Å²) in [5.74, 6) is -1.65. The van der Waals surface area contributed by atoms with Gasteiger partial charge in [0.1, 0.15) is 0 Å². The van der Waals surface area contributed by atoms with Crippen molar-refractivity contribution >= 4 is 5.69 Å². The number of anilines is 1. The van der Waals surface area contributed by atoms with Crippen LogP contribution in [0.25, 0.3) is 0 Å². The molecule has 2 rings (SSSR count). The fraction of sp³-hybridized carbons (Fsp3) is 0.500. The molecule has 0 saturated heterocycles. The smallest absolute Gasteiger partial charge is 0.160 e. The largest absolute Gasteiger partial charge is 0.381 e. The zero-order valence-electron chi connectivity index (χ0n) is 9.05. The zero-order chi connectivity index (χ0) is 11.5. The molecule has 0 spiro atoms. The molecule has 1 aromatic carbocycles. The normalized spacial score (nSPS) is 25.4. The Bertz CT molecular complexity index is 368. The zero-order valence-corrected chi connectivity index (χ0v) is 9.05. The van der Waals surface area contributed by atoms with Crippen LogP contribution >= 0.6 is 0 Å². The van der Waals surface area contributed by atoms with E-state index in [1.165, 1.54) is 6.07 Å². The summed E-state index contributed by atoms with van der Waals surface area (Å²) >= 11 is 0. The van der Waals surface area contributed by atoms with Gasteiger partial charge in [0.2, 0.25) is 0 Å². The predicted octanol–water partition coefficient (Wildman–Crippen LogP) is 2.65. The summed E-state index contributed by atoms with van der Waals surface area (Å²) in [6, 6.07) is 4.11. The Morgan fingerprint density at radius 1 is 1.12 bits per heavy atom. The van der Waals surface area contributed by atoms with Crippen molar-refractivity contribution in [2.24, 2.45) is 5.73 Å². The van der Waals surface area contributed by atoms with Crippen LogP contribution in [-0.2, 0) is 0 Å². The molecule has 1 aliphatic carbocycles. The number of hydrogen-bond acceptors (Lipinski definition) is 2. The van der Waals surface area contributed by atoms with Gasteiger partial charge in [0, 0.05) is 23.8 Å². The highest BCUT2D eigenvalue weighted by atomic mass is 19.2. The highest BCUT2D eigenvalue weighted by Crippen LogP contribution is 2.22. The Balaban J connectivity index is 2.05. The molecule has 0 aromatic heterocycles. The van der Waals surface area contributed by atoms with E-state index in [1.54, 1.807) is 6.07 Å². The Morgan fingerprint density at radius 3 is 2.56 bits per heavy atom. The fourth-order valence-corrected chi connectivity index (χ4v) is 2.14. The van der Waals surface area contributed by atoms with Gasteiger partial charge in [-0.1, -0.05) is 12.8 Å². The summed E-state index contributed by atoms with van der Waals surface area (Å²) in [5.41, 5.74) is 6.56. The number of hydrogen-bond donors (Lipinski definition) is 2. The molecule has 0 bridgehead atoms. The second kappa shape index (κ2) is 4.78. The molecule has 0 amide bonds. The molecule has 2 unspecified atom stereocenters. The topological polar surface area (TPSA) is 38.0 Å². The van der Waals surface area contributed by atoms with Gasteiger partial charge in [0.05, 0.1) is 0 Å². The molecule has 88 valence electrons. The molecule has 2 atom stereocenters. The van der Waals surface area contributed by atoms with Crippen LogP contribution in [0, 0.1) is 11.6 Å². The summed E-state index contributed by atoms with van der Waals surface area (Å²) in [6.45, 7) is 0. The summed E-state index contributed by atoms with van der Waals surface area (Å²) in [5, 5.41) is 3.17. The van der Waals surface area contributed by atoms with Crippen LogP contribution in [0.1, 0.15) is 25.7 Å². The summed E-state index contributed by atoms with van der Waals surface area (Å²) < 4.78 is 25.7. The van der Waals surface area contributed by atoms with E-state index in [0.717, 1.165) is 31.7 Å². The van der Waals surface area contributed by atoms with Gasteiger partial charge >= 0.3 is 0 Å². The van der Waals surface area contributed by atoms with E-state index in [1.807, 2.05) is 0 Å². The van der Waals surface area contributed by atoms with Gasteiger partial charge in [-0.05, 0) is 25.0 Å². The van der Waals surface area contributed by atoms with Crippen molar-refractivity contribution in [3.63, 3.8) is 0 Å². The number of nitrogens with two attached hydrogens (primary N) is 1. The van der Waals surface area contributed by atoms with Crippen LogP contribution in [0.5, 0.6) is 0 Å². The highest BCUT2D eigenvalue weighted by molar-refractivity contribution is 5.44. The lowest BCUT2D eigenvalue weighted by Crippen LogP contribution is -2.42. The molecular formula is C12H16F2N2. The third-order valence-electron chi connectivity index (χ3n) is 3.09. The summed E-state index contributed by atoms with van der Waals surface area (Å²) in [7, 11) is 0. The van der Waals surface area contributed by atoms with Crippen molar-refractivity contribution in [3.8, 4) is 0 Å².